The maximum absolute atomic E-state index is 14.1. The minimum atomic E-state index is -0.430. The van der Waals surface area contributed by atoms with Gasteiger partial charge in [0, 0.05) is 6.04 Å². The maximum atomic E-state index is 14.1. The van der Waals surface area contributed by atoms with Crippen LogP contribution >= 0.6 is 11.8 Å². The summed E-state index contributed by atoms with van der Waals surface area (Å²) in [5, 5.41) is 9.59. The normalized spacial score (nSPS) is 22.1. The summed E-state index contributed by atoms with van der Waals surface area (Å²) >= 11 is 1.46. The van der Waals surface area contributed by atoms with Crippen molar-refractivity contribution in [2.45, 2.75) is 56.2 Å². The van der Waals surface area contributed by atoms with Crippen LogP contribution in [0.3, 0.4) is 0 Å². The van der Waals surface area contributed by atoms with Gasteiger partial charge in [0.05, 0.1) is 19.1 Å². The zero-order chi connectivity index (χ0) is 23.7. The number of methoxy groups -OCH3 is 1. The van der Waals surface area contributed by atoms with Crippen molar-refractivity contribution >= 4 is 17.7 Å². The van der Waals surface area contributed by atoms with Crippen molar-refractivity contribution in [1.82, 2.24) is 14.8 Å². The van der Waals surface area contributed by atoms with Crippen LogP contribution in [-0.2, 0) is 17.1 Å². The zero-order valence-corrected chi connectivity index (χ0v) is 20.1. The molecule has 34 heavy (non-hydrogen) atoms. The molecule has 0 radical (unpaired) electrons. The molecule has 0 saturated heterocycles. The first-order valence-electron chi connectivity index (χ1n) is 11.6. The van der Waals surface area contributed by atoms with Gasteiger partial charge in [-0.25, -0.2) is 9.18 Å². The third-order valence-electron chi connectivity index (χ3n) is 7.23. The first-order chi connectivity index (χ1) is 16.5. The van der Waals surface area contributed by atoms with Gasteiger partial charge in [-0.3, -0.25) is 4.57 Å². The molecule has 3 aromatic rings. The molecule has 5 rings (SSSR count). The number of carbonyl (C=O) groups excluding carboxylic acids is 1. The number of rotatable bonds is 9. The number of hydrogen-bond donors (Lipinski definition) is 0. The number of fused-ring (bicyclic) bond motifs is 2. The number of carbonyl (C=O) groups is 1. The third kappa shape index (κ3) is 4.45. The fourth-order valence-electron chi connectivity index (χ4n) is 5.57. The van der Waals surface area contributed by atoms with Crippen LogP contribution in [0.15, 0.2) is 46.2 Å². The van der Waals surface area contributed by atoms with Gasteiger partial charge in [-0.15, -0.1) is 10.2 Å². The molecule has 2 bridgehead atoms. The molecule has 2 aromatic heterocycles. The van der Waals surface area contributed by atoms with Gasteiger partial charge in [-0.05, 0) is 62.1 Å². The molecule has 0 N–H and O–H groups in total. The fourth-order valence-corrected chi connectivity index (χ4v) is 6.56. The summed E-state index contributed by atoms with van der Waals surface area (Å²) in [7, 11) is 1.35. The Hall–Kier alpha value is -2.81. The Morgan fingerprint density at radius 1 is 1.26 bits per heavy atom. The van der Waals surface area contributed by atoms with Crippen LogP contribution in [0.1, 0.15) is 60.6 Å². The number of aromatic nitrogens is 3. The number of benzene rings is 1. The van der Waals surface area contributed by atoms with Crippen molar-refractivity contribution in [3.05, 3.63) is 59.6 Å². The van der Waals surface area contributed by atoms with Gasteiger partial charge < -0.3 is 13.9 Å². The first-order valence-corrected chi connectivity index (χ1v) is 12.6. The second kappa shape index (κ2) is 9.82. The molecule has 0 spiro atoms. The minimum absolute atomic E-state index is 0.119. The van der Waals surface area contributed by atoms with E-state index >= 15 is 0 Å². The van der Waals surface area contributed by atoms with Gasteiger partial charge in [-0.2, -0.15) is 0 Å². The van der Waals surface area contributed by atoms with E-state index in [0.717, 1.165) is 17.0 Å². The van der Waals surface area contributed by atoms with Crippen molar-refractivity contribution in [3.63, 3.8) is 0 Å². The van der Waals surface area contributed by atoms with Crippen LogP contribution in [0, 0.1) is 23.6 Å². The molecule has 2 aliphatic rings. The van der Waals surface area contributed by atoms with E-state index in [-0.39, 0.29) is 18.4 Å². The number of nitrogens with zero attached hydrogens (tertiary/aromatic N) is 3. The van der Waals surface area contributed by atoms with E-state index < -0.39 is 11.8 Å². The lowest BCUT2D eigenvalue weighted by molar-refractivity contribution is 0.0598. The quantitative estimate of drug-likeness (QED) is 0.286. The molecule has 7 nitrogen and oxygen atoms in total. The Balaban J connectivity index is 1.39. The van der Waals surface area contributed by atoms with Crippen LogP contribution in [0.25, 0.3) is 0 Å². The van der Waals surface area contributed by atoms with Gasteiger partial charge in [-0.1, -0.05) is 30.3 Å². The number of ether oxygens (including phenoxy) is 2. The summed E-state index contributed by atoms with van der Waals surface area (Å²) in [6.07, 6.45) is 6.61. The van der Waals surface area contributed by atoms with Crippen LogP contribution in [0.5, 0.6) is 5.75 Å². The van der Waals surface area contributed by atoms with Crippen molar-refractivity contribution in [3.8, 4) is 5.75 Å². The lowest BCUT2D eigenvalue weighted by Crippen LogP contribution is -2.24. The van der Waals surface area contributed by atoms with E-state index in [0.29, 0.717) is 28.8 Å². The number of furan rings is 1. The molecule has 180 valence electrons. The van der Waals surface area contributed by atoms with Crippen molar-refractivity contribution in [2.24, 2.45) is 17.8 Å². The van der Waals surface area contributed by atoms with E-state index in [1.54, 1.807) is 24.3 Å². The molecule has 0 aliphatic heterocycles. The average Bonchev–Trinajstić information content (AvgIpc) is 3.65. The molecule has 2 aliphatic carbocycles. The lowest BCUT2D eigenvalue weighted by atomic mass is 9.84. The summed E-state index contributed by atoms with van der Waals surface area (Å²) in [6.45, 7) is 2.34. The third-order valence-corrected chi connectivity index (χ3v) is 8.17. The highest BCUT2D eigenvalue weighted by molar-refractivity contribution is 7.98. The highest BCUT2D eigenvalue weighted by Gasteiger charge is 2.43. The topological polar surface area (TPSA) is 79.4 Å². The van der Waals surface area contributed by atoms with Gasteiger partial charge in [0.1, 0.15) is 17.9 Å². The number of para-hydroxylation sites is 1. The second-order valence-corrected chi connectivity index (χ2v) is 10.0. The molecule has 2 fully saturated rings. The van der Waals surface area contributed by atoms with Crippen LogP contribution < -0.4 is 4.74 Å². The number of hydrogen-bond acceptors (Lipinski definition) is 7. The summed E-state index contributed by atoms with van der Waals surface area (Å²) in [5.74, 6) is 3.04. The summed E-state index contributed by atoms with van der Waals surface area (Å²) < 4.78 is 32.4. The van der Waals surface area contributed by atoms with E-state index in [1.165, 1.54) is 56.9 Å². The lowest BCUT2D eigenvalue weighted by Gasteiger charge is -2.30. The SMILES string of the molecule is COC(=O)c1ccoc1CSc1nnc(COc2ccccc2F)n1C(C)C1CC2CCC1C2. The molecule has 9 heteroatoms. The maximum Gasteiger partial charge on any atom is 0.341 e. The number of esters is 1. The van der Waals surface area contributed by atoms with Crippen LogP contribution in [0.2, 0.25) is 0 Å². The predicted molar refractivity (Wildman–Crippen MR) is 124 cm³/mol. The Morgan fingerprint density at radius 2 is 2.12 bits per heavy atom. The molecular formula is C25H28FN3O4S. The molecule has 0 amide bonds. The largest absolute Gasteiger partial charge is 0.483 e. The van der Waals surface area contributed by atoms with Crippen molar-refractivity contribution in [2.75, 3.05) is 7.11 Å². The Bertz CT molecular complexity index is 1160. The second-order valence-electron chi connectivity index (χ2n) is 9.10. The van der Waals surface area contributed by atoms with Gasteiger partial charge in [0.15, 0.2) is 22.5 Å². The molecule has 1 aromatic carbocycles. The Morgan fingerprint density at radius 3 is 2.85 bits per heavy atom. The standard InChI is InChI=1S/C25H28FN3O4S/c1-15(19-12-16-7-8-17(19)11-16)29-23(13-33-21-6-4-3-5-20(21)26)27-28-25(29)34-14-22-18(9-10-32-22)24(30)31-2/h3-6,9-10,15-17,19H,7-8,11-14H2,1-2H3. The Kier molecular flexibility index (Phi) is 6.63. The van der Waals surface area contributed by atoms with E-state index in [1.807, 2.05) is 0 Å². The first kappa shape index (κ1) is 23.0. The monoisotopic (exact) mass is 485 g/mol. The zero-order valence-electron chi connectivity index (χ0n) is 19.3. The number of halogens is 1. The van der Waals surface area contributed by atoms with Crippen molar-refractivity contribution < 1.29 is 23.1 Å². The van der Waals surface area contributed by atoms with E-state index in [2.05, 4.69) is 21.7 Å². The smallest absolute Gasteiger partial charge is 0.341 e. The van der Waals surface area contributed by atoms with Gasteiger partial charge in [0.2, 0.25) is 0 Å². The van der Waals surface area contributed by atoms with E-state index in [9.17, 15) is 9.18 Å². The molecule has 2 saturated carbocycles. The van der Waals surface area contributed by atoms with E-state index in [4.69, 9.17) is 13.9 Å². The van der Waals surface area contributed by atoms with Crippen molar-refractivity contribution in [1.29, 1.82) is 0 Å². The molecule has 4 unspecified atom stereocenters. The van der Waals surface area contributed by atoms with Gasteiger partial charge in [0.25, 0.3) is 0 Å². The molecule has 4 atom stereocenters. The van der Waals surface area contributed by atoms with Crippen LogP contribution in [-0.4, -0.2) is 27.8 Å². The summed E-state index contributed by atoms with van der Waals surface area (Å²) in [6, 6.07) is 8.15. The highest BCUT2D eigenvalue weighted by atomic mass is 32.2. The number of thioether (sulfide) groups is 1. The highest BCUT2D eigenvalue weighted by Crippen LogP contribution is 2.52. The summed E-state index contributed by atoms with van der Waals surface area (Å²) in [5.41, 5.74) is 0.408. The van der Waals surface area contributed by atoms with Gasteiger partial charge >= 0.3 is 5.97 Å². The summed E-state index contributed by atoms with van der Waals surface area (Å²) in [4.78, 5) is 12.0. The minimum Gasteiger partial charge on any atom is -0.483 e. The van der Waals surface area contributed by atoms with Crippen LogP contribution in [0.4, 0.5) is 4.39 Å². The fraction of sp³-hybridized carbons (Fsp3) is 0.480. The Labute approximate surface area is 202 Å². The average molecular weight is 486 g/mol. The molecule has 2 heterocycles. The molecular weight excluding hydrogens is 457 g/mol. The predicted octanol–water partition coefficient (Wildman–Crippen LogP) is 5.67.